The van der Waals surface area contributed by atoms with Crippen LogP contribution in [0.2, 0.25) is 0 Å². The molecule has 5 nitrogen and oxygen atoms in total. The number of carbonyl (C=O) groups is 2. The molecule has 1 amide bonds. The number of rotatable bonds is 8. The van der Waals surface area contributed by atoms with Crippen LogP contribution in [0.1, 0.15) is 26.7 Å². The van der Waals surface area contributed by atoms with Crippen molar-refractivity contribution in [3.63, 3.8) is 0 Å². The molecule has 0 spiro atoms. The zero-order valence-electron chi connectivity index (χ0n) is 11.2. The van der Waals surface area contributed by atoms with Gasteiger partial charge in [0.2, 0.25) is 5.91 Å². The van der Waals surface area contributed by atoms with Crippen molar-refractivity contribution in [1.82, 2.24) is 4.90 Å². The second-order valence-electron chi connectivity index (χ2n) is 4.62. The molecule has 0 aromatic carbocycles. The lowest BCUT2D eigenvalue weighted by Gasteiger charge is -2.17. The first-order chi connectivity index (χ1) is 7.88. The van der Waals surface area contributed by atoms with Crippen LogP contribution in [0, 0.1) is 11.8 Å². The van der Waals surface area contributed by atoms with E-state index in [1.54, 1.807) is 6.92 Å². The van der Waals surface area contributed by atoms with Crippen molar-refractivity contribution in [2.75, 3.05) is 27.2 Å². The SMILES string of the molecule is CCC(CC(C)C(=O)OCCN(C)C)C(N)=O. The number of primary amides is 1. The zero-order chi connectivity index (χ0) is 13.4. The highest BCUT2D eigenvalue weighted by Crippen LogP contribution is 2.16. The van der Waals surface area contributed by atoms with Gasteiger partial charge >= 0.3 is 5.97 Å². The Hall–Kier alpha value is -1.10. The fourth-order valence-electron chi connectivity index (χ4n) is 1.48. The summed E-state index contributed by atoms with van der Waals surface area (Å²) in [6.07, 6.45) is 1.12. The van der Waals surface area contributed by atoms with Crippen molar-refractivity contribution >= 4 is 11.9 Å². The van der Waals surface area contributed by atoms with Crippen LogP contribution in [0.25, 0.3) is 0 Å². The van der Waals surface area contributed by atoms with Crippen LogP contribution in [-0.2, 0) is 14.3 Å². The number of esters is 1. The molecular formula is C12H24N2O3. The van der Waals surface area contributed by atoms with Crippen LogP contribution in [0.3, 0.4) is 0 Å². The van der Waals surface area contributed by atoms with Gasteiger partial charge in [-0.2, -0.15) is 0 Å². The third-order valence-corrected chi connectivity index (χ3v) is 2.72. The fraction of sp³-hybridized carbons (Fsp3) is 0.833. The van der Waals surface area contributed by atoms with Gasteiger partial charge in [0, 0.05) is 12.5 Å². The summed E-state index contributed by atoms with van der Waals surface area (Å²) < 4.78 is 5.11. The van der Waals surface area contributed by atoms with Gasteiger partial charge in [-0.05, 0) is 26.9 Å². The predicted molar refractivity (Wildman–Crippen MR) is 66.3 cm³/mol. The standard InChI is InChI=1S/C12H24N2O3/c1-5-10(11(13)15)8-9(2)12(16)17-7-6-14(3)4/h9-10H,5-8H2,1-4H3,(H2,13,15). The van der Waals surface area contributed by atoms with Crippen molar-refractivity contribution in [3.05, 3.63) is 0 Å². The molecule has 0 aromatic heterocycles. The Kier molecular flexibility index (Phi) is 7.54. The van der Waals surface area contributed by atoms with Gasteiger partial charge in [-0.15, -0.1) is 0 Å². The summed E-state index contributed by atoms with van der Waals surface area (Å²) in [7, 11) is 3.83. The molecule has 5 heteroatoms. The minimum Gasteiger partial charge on any atom is -0.464 e. The second-order valence-corrected chi connectivity index (χ2v) is 4.62. The molecule has 0 heterocycles. The van der Waals surface area contributed by atoms with Crippen molar-refractivity contribution in [3.8, 4) is 0 Å². The van der Waals surface area contributed by atoms with Gasteiger partial charge in [0.15, 0.2) is 0 Å². The Morgan fingerprint density at radius 3 is 2.35 bits per heavy atom. The number of amides is 1. The summed E-state index contributed by atoms with van der Waals surface area (Å²) in [6, 6.07) is 0. The van der Waals surface area contributed by atoms with E-state index < -0.39 is 0 Å². The summed E-state index contributed by atoms with van der Waals surface area (Å²) >= 11 is 0. The largest absolute Gasteiger partial charge is 0.464 e. The summed E-state index contributed by atoms with van der Waals surface area (Å²) in [5, 5.41) is 0. The van der Waals surface area contributed by atoms with E-state index in [2.05, 4.69) is 0 Å². The molecular weight excluding hydrogens is 220 g/mol. The van der Waals surface area contributed by atoms with Gasteiger partial charge in [0.25, 0.3) is 0 Å². The number of likely N-dealkylation sites (N-methyl/N-ethyl adjacent to an activating group) is 1. The fourth-order valence-corrected chi connectivity index (χ4v) is 1.48. The van der Waals surface area contributed by atoms with Crippen LogP contribution < -0.4 is 5.73 Å². The lowest BCUT2D eigenvalue weighted by atomic mass is 9.93. The molecule has 2 unspecified atom stereocenters. The van der Waals surface area contributed by atoms with Crippen molar-refractivity contribution < 1.29 is 14.3 Å². The van der Waals surface area contributed by atoms with Gasteiger partial charge in [0.1, 0.15) is 6.61 Å². The molecule has 0 fully saturated rings. The molecule has 2 atom stereocenters. The van der Waals surface area contributed by atoms with Crippen LogP contribution in [0.4, 0.5) is 0 Å². The van der Waals surface area contributed by atoms with Crippen molar-refractivity contribution in [1.29, 1.82) is 0 Å². The lowest BCUT2D eigenvalue weighted by Crippen LogP contribution is -2.28. The molecule has 0 radical (unpaired) electrons. The van der Waals surface area contributed by atoms with Crippen LogP contribution in [0.15, 0.2) is 0 Å². The first kappa shape index (κ1) is 15.9. The summed E-state index contributed by atoms with van der Waals surface area (Å²) in [4.78, 5) is 24.6. The second kappa shape index (κ2) is 8.06. The molecule has 0 saturated carbocycles. The van der Waals surface area contributed by atoms with E-state index in [1.165, 1.54) is 0 Å². The zero-order valence-corrected chi connectivity index (χ0v) is 11.2. The van der Waals surface area contributed by atoms with Gasteiger partial charge < -0.3 is 15.4 Å². The maximum atomic E-state index is 11.6. The first-order valence-corrected chi connectivity index (χ1v) is 5.99. The van der Waals surface area contributed by atoms with Crippen LogP contribution in [0.5, 0.6) is 0 Å². The maximum absolute atomic E-state index is 11.6. The Labute approximate surface area is 103 Å². The first-order valence-electron chi connectivity index (χ1n) is 5.99. The number of ether oxygens (including phenoxy) is 1. The third-order valence-electron chi connectivity index (χ3n) is 2.72. The average Bonchev–Trinajstić information content (AvgIpc) is 2.24. The highest BCUT2D eigenvalue weighted by atomic mass is 16.5. The van der Waals surface area contributed by atoms with Gasteiger partial charge in [-0.1, -0.05) is 13.8 Å². The van der Waals surface area contributed by atoms with Crippen molar-refractivity contribution in [2.24, 2.45) is 17.6 Å². The summed E-state index contributed by atoms with van der Waals surface area (Å²) in [6.45, 7) is 4.73. The molecule has 100 valence electrons. The number of hydrogen-bond donors (Lipinski definition) is 1. The number of nitrogens with two attached hydrogens (primary N) is 1. The van der Waals surface area contributed by atoms with Gasteiger partial charge in [0.05, 0.1) is 5.92 Å². The van der Waals surface area contributed by atoms with Crippen molar-refractivity contribution in [2.45, 2.75) is 26.7 Å². The Morgan fingerprint density at radius 2 is 1.94 bits per heavy atom. The molecule has 0 saturated heterocycles. The minimum absolute atomic E-state index is 0.244. The highest BCUT2D eigenvalue weighted by molar-refractivity contribution is 5.78. The van der Waals surface area contributed by atoms with Crippen LogP contribution in [-0.4, -0.2) is 44.0 Å². The number of nitrogens with zero attached hydrogens (tertiary/aromatic N) is 1. The monoisotopic (exact) mass is 244 g/mol. The molecule has 2 N–H and O–H groups in total. The third kappa shape index (κ3) is 6.94. The average molecular weight is 244 g/mol. The maximum Gasteiger partial charge on any atom is 0.308 e. The molecule has 0 rings (SSSR count). The molecule has 0 bridgehead atoms. The summed E-state index contributed by atoms with van der Waals surface area (Å²) in [5.41, 5.74) is 5.24. The predicted octanol–water partition coefficient (Wildman–Crippen LogP) is 0.629. The van der Waals surface area contributed by atoms with E-state index in [1.807, 2.05) is 25.9 Å². The quantitative estimate of drug-likeness (QED) is 0.636. The van der Waals surface area contributed by atoms with E-state index in [-0.39, 0.29) is 23.7 Å². The van der Waals surface area contributed by atoms with E-state index in [4.69, 9.17) is 10.5 Å². The van der Waals surface area contributed by atoms with E-state index >= 15 is 0 Å². The Bertz CT molecular complexity index is 254. The lowest BCUT2D eigenvalue weighted by molar-refractivity contribution is -0.149. The number of carbonyl (C=O) groups excluding carboxylic acids is 2. The molecule has 0 aliphatic carbocycles. The molecule has 0 aliphatic rings. The Morgan fingerprint density at radius 1 is 1.35 bits per heavy atom. The molecule has 17 heavy (non-hydrogen) atoms. The minimum atomic E-state index is -0.347. The van der Waals surface area contributed by atoms with Crippen LogP contribution >= 0.6 is 0 Å². The van der Waals surface area contributed by atoms with E-state index in [0.717, 1.165) is 0 Å². The smallest absolute Gasteiger partial charge is 0.308 e. The summed E-state index contributed by atoms with van der Waals surface area (Å²) in [5.74, 6) is -1.13. The normalized spacial score (nSPS) is 14.4. The molecule has 0 aliphatic heterocycles. The number of hydrogen-bond acceptors (Lipinski definition) is 4. The topological polar surface area (TPSA) is 72.6 Å². The van der Waals surface area contributed by atoms with Gasteiger partial charge in [-0.3, -0.25) is 9.59 Å². The van der Waals surface area contributed by atoms with E-state index in [0.29, 0.717) is 26.0 Å². The van der Waals surface area contributed by atoms with E-state index in [9.17, 15) is 9.59 Å². The molecule has 0 aromatic rings. The highest BCUT2D eigenvalue weighted by Gasteiger charge is 2.22. The Balaban J connectivity index is 4.00. The van der Waals surface area contributed by atoms with Gasteiger partial charge in [-0.25, -0.2) is 0 Å².